The molecule has 0 unspecified atom stereocenters. The summed E-state index contributed by atoms with van der Waals surface area (Å²) in [6, 6.07) is 4.55. The summed E-state index contributed by atoms with van der Waals surface area (Å²) in [5.41, 5.74) is 7.37. The normalized spacial score (nSPS) is 11.0. The second-order valence-electron chi connectivity index (χ2n) is 4.82. The van der Waals surface area contributed by atoms with Crippen LogP contribution in [0.4, 0.5) is 10.2 Å². The molecule has 1 aromatic heterocycles. The number of benzene rings is 1. The number of hydrogen-bond donors (Lipinski definition) is 1. The van der Waals surface area contributed by atoms with Crippen molar-refractivity contribution in [1.82, 2.24) is 5.16 Å². The number of aromatic nitrogens is 1. The lowest BCUT2D eigenvalue weighted by Crippen LogP contribution is -1.99. The maximum absolute atomic E-state index is 13.4. The topological polar surface area (TPSA) is 61.3 Å². The third kappa shape index (κ3) is 2.70. The van der Waals surface area contributed by atoms with Crippen LogP contribution < -0.4 is 10.5 Å². The highest BCUT2D eigenvalue weighted by molar-refractivity contribution is 5.67. The fraction of sp³-hybridized carbons (Fsp3) is 0.357. The maximum atomic E-state index is 13.4. The minimum absolute atomic E-state index is 0.169. The smallest absolute Gasteiger partial charge is 0.172 e. The van der Waals surface area contributed by atoms with Crippen molar-refractivity contribution in [3.05, 3.63) is 29.6 Å². The first-order valence-electron chi connectivity index (χ1n) is 6.10. The molecule has 0 amide bonds. The Bertz CT molecular complexity index is 579. The maximum Gasteiger partial charge on any atom is 0.172 e. The molecule has 5 heteroatoms. The largest absolute Gasteiger partial charge is 0.494 e. The van der Waals surface area contributed by atoms with Gasteiger partial charge in [0.15, 0.2) is 23.1 Å². The third-order valence-corrected chi connectivity index (χ3v) is 2.84. The van der Waals surface area contributed by atoms with Crippen LogP contribution in [0.5, 0.6) is 5.75 Å². The van der Waals surface area contributed by atoms with Gasteiger partial charge in [-0.15, -0.1) is 0 Å². The van der Waals surface area contributed by atoms with Crippen LogP contribution in [-0.4, -0.2) is 12.3 Å². The van der Waals surface area contributed by atoms with Crippen molar-refractivity contribution in [3.63, 3.8) is 0 Å². The summed E-state index contributed by atoms with van der Waals surface area (Å²) in [6.45, 7) is 4.17. The Kier molecular flexibility index (Phi) is 3.74. The molecular formula is C14H17FN2O2. The molecule has 2 N–H and O–H groups in total. The predicted octanol–water partition coefficient (Wildman–Crippen LogP) is 3.27. The van der Waals surface area contributed by atoms with Crippen molar-refractivity contribution in [2.45, 2.75) is 20.3 Å². The van der Waals surface area contributed by atoms with Gasteiger partial charge in [0.2, 0.25) is 0 Å². The molecule has 0 aliphatic rings. The molecule has 0 aliphatic carbocycles. The second kappa shape index (κ2) is 5.30. The molecule has 102 valence electrons. The molecule has 2 rings (SSSR count). The molecule has 0 saturated heterocycles. The molecule has 19 heavy (non-hydrogen) atoms. The number of ether oxygens (including phenoxy) is 1. The lowest BCUT2D eigenvalue weighted by atomic mass is 9.99. The zero-order valence-corrected chi connectivity index (χ0v) is 11.2. The van der Waals surface area contributed by atoms with Gasteiger partial charge in [-0.25, -0.2) is 4.39 Å². The van der Waals surface area contributed by atoms with E-state index in [2.05, 4.69) is 19.0 Å². The number of halogens is 1. The Morgan fingerprint density at radius 2 is 2.16 bits per heavy atom. The van der Waals surface area contributed by atoms with E-state index >= 15 is 0 Å². The van der Waals surface area contributed by atoms with Crippen LogP contribution in [0.3, 0.4) is 0 Å². The Morgan fingerprint density at radius 3 is 2.79 bits per heavy atom. The van der Waals surface area contributed by atoms with Gasteiger partial charge in [-0.2, -0.15) is 0 Å². The predicted molar refractivity (Wildman–Crippen MR) is 71.4 cm³/mol. The van der Waals surface area contributed by atoms with Gasteiger partial charge >= 0.3 is 0 Å². The molecule has 0 atom stereocenters. The van der Waals surface area contributed by atoms with E-state index in [1.807, 2.05) is 0 Å². The average molecular weight is 264 g/mol. The summed E-state index contributed by atoms with van der Waals surface area (Å²) < 4.78 is 23.6. The molecule has 2 aromatic rings. The van der Waals surface area contributed by atoms with E-state index < -0.39 is 5.82 Å². The number of nitrogens with zero attached hydrogens (tertiary/aromatic N) is 1. The molecule has 0 spiro atoms. The van der Waals surface area contributed by atoms with E-state index in [0.29, 0.717) is 23.1 Å². The van der Waals surface area contributed by atoms with Crippen LogP contribution in [0.25, 0.3) is 11.3 Å². The summed E-state index contributed by atoms with van der Waals surface area (Å²) in [5, 5.41) is 3.79. The van der Waals surface area contributed by atoms with Crippen LogP contribution in [0.2, 0.25) is 0 Å². The lowest BCUT2D eigenvalue weighted by molar-refractivity contribution is 0.386. The average Bonchev–Trinajstić information content (AvgIpc) is 2.71. The number of rotatable bonds is 4. The molecular weight excluding hydrogens is 247 g/mol. The van der Waals surface area contributed by atoms with Crippen LogP contribution in [-0.2, 0) is 6.42 Å². The molecule has 0 fully saturated rings. The first-order chi connectivity index (χ1) is 9.02. The zero-order valence-electron chi connectivity index (χ0n) is 11.2. The Morgan fingerprint density at radius 1 is 1.42 bits per heavy atom. The number of nitrogen functional groups attached to an aromatic ring is 1. The molecule has 0 bridgehead atoms. The third-order valence-electron chi connectivity index (χ3n) is 2.84. The van der Waals surface area contributed by atoms with Crippen molar-refractivity contribution >= 4 is 5.82 Å². The minimum atomic E-state index is -0.413. The van der Waals surface area contributed by atoms with Crippen molar-refractivity contribution < 1.29 is 13.7 Å². The van der Waals surface area contributed by atoms with E-state index in [-0.39, 0.29) is 5.75 Å². The summed E-state index contributed by atoms with van der Waals surface area (Å²) in [4.78, 5) is 0. The quantitative estimate of drug-likeness (QED) is 0.920. The summed E-state index contributed by atoms with van der Waals surface area (Å²) in [5.74, 6) is 1.13. The first kappa shape index (κ1) is 13.4. The van der Waals surface area contributed by atoms with Gasteiger partial charge in [-0.3, -0.25) is 0 Å². The highest BCUT2D eigenvalue weighted by atomic mass is 19.1. The van der Waals surface area contributed by atoms with Crippen molar-refractivity contribution in [1.29, 1.82) is 0 Å². The van der Waals surface area contributed by atoms with E-state index in [0.717, 1.165) is 12.0 Å². The van der Waals surface area contributed by atoms with Gasteiger partial charge in [0.25, 0.3) is 0 Å². The fourth-order valence-corrected chi connectivity index (χ4v) is 1.95. The molecule has 0 radical (unpaired) electrons. The number of methoxy groups -OCH3 is 1. The molecule has 4 nitrogen and oxygen atoms in total. The van der Waals surface area contributed by atoms with E-state index in [4.69, 9.17) is 15.0 Å². The van der Waals surface area contributed by atoms with E-state index in [1.165, 1.54) is 13.2 Å². The summed E-state index contributed by atoms with van der Waals surface area (Å²) in [6.07, 6.45) is 0.754. The van der Waals surface area contributed by atoms with E-state index in [1.54, 1.807) is 12.1 Å². The minimum Gasteiger partial charge on any atom is -0.494 e. The number of nitrogens with two attached hydrogens (primary N) is 1. The van der Waals surface area contributed by atoms with Crippen LogP contribution in [0.1, 0.15) is 19.4 Å². The molecule has 0 aliphatic heterocycles. The van der Waals surface area contributed by atoms with Gasteiger partial charge in [0.05, 0.1) is 7.11 Å². The summed E-state index contributed by atoms with van der Waals surface area (Å²) in [7, 11) is 1.42. The number of hydrogen-bond acceptors (Lipinski definition) is 4. The Labute approximate surface area is 111 Å². The van der Waals surface area contributed by atoms with Crippen LogP contribution in [0.15, 0.2) is 22.7 Å². The second-order valence-corrected chi connectivity index (χ2v) is 4.82. The lowest BCUT2D eigenvalue weighted by Gasteiger charge is -2.07. The van der Waals surface area contributed by atoms with Gasteiger partial charge in [0, 0.05) is 11.1 Å². The Balaban J connectivity index is 2.47. The van der Waals surface area contributed by atoms with E-state index in [9.17, 15) is 4.39 Å². The first-order valence-corrected chi connectivity index (χ1v) is 6.10. The fourth-order valence-electron chi connectivity index (χ4n) is 1.95. The van der Waals surface area contributed by atoms with Gasteiger partial charge in [0.1, 0.15) is 0 Å². The highest BCUT2D eigenvalue weighted by Crippen LogP contribution is 2.32. The SMILES string of the molecule is COc1cc(-c2onc(N)c2CC(C)C)ccc1F. The van der Waals surface area contributed by atoms with Crippen molar-refractivity contribution in [2.24, 2.45) is 5.92 Å². The zero-order chi connectivity index (χ0) is 14.0. The summed E-state index contributed by atoms with van der Waals surface area (Å²) >= 11 is 0. The van der Waals surface area contributed by atoms with Crippen molar-refractivity contribution in [3.8, 4) is 17.1 Å². The highest BCUT2D eigenvalue weighted by Gasteiger charge is 2.18. The van der Waals surface area contributed by atoms with Crippen LogP contribution in [0, 0.1) is 11.7 Å². The van der Waals surface area contributed by atoms with Gasteiger partial charge < -0.3 is 15.0 Å². The monoisotopic (exact) mass is 264 g/mol. The van der Waals surface area contributed by atoms with Gasteiger partial charge in [-0.1, -0.05) is 19.0 Å². The van der Waals surface area contributed by atoms with Crippen LogP contribution >= 0.6 is 0 Å². The Hall–Kier alpha value is -2.04. The molecule has 1 heterocycles. The number of anilines is 1. The van der Waals surface area contributed by atoms with Gasteiger partial charge in [-0.05, 0) is 30.5 Å². The molecule has 0 saturated carbocycles. The standard InChI is InChI=1S/C14H17FN2O2/c1-8(2)6-10-13(19-17-14(10)16)9-4-5-11(15)12(7-9)18-3/h4-5,7-8H,6H2,1-3H3,(H2,16,17). The van der Waals surface area contributed by atoms with Crippen molar-refractivity contribution in [2.75, 3.05) is 12.8 Å². The molecule has 1 aromatic carbocycles.